The molecule has 0 saturated heterocycles. The highest BCUT2D eigenvalue weighted by atomic mass is 35.5. The van der Waals surface area contributed by atoms with Gasteiger partial charge in [-0.2, -0.15) is 13.2 Å². The van der Waals surface area contributed by atoms with E-state index in [0.717, 1.165) is 30.0 Å². The monoisotopic (exact) mass is 542 g/mol. The van der Waals surface area contributed by atoms with Crippen LogP contribution in [0.3, 0.4) is 0 Å². The van der Waals surface area contributed by atoms with Gasteiger partial charge in [-0.1, -0.05) is 23.4 Å². The van der Waals surface area contributed by atoms with Crippen LogP contribution in [0, 0.1) is 10.1 Å². The van der Waals surface area contributed by atoms with Gasteiger partial charge in [0, 0.05) is 24.3 Å². The van der Waals surface area contributed by atoms with Gasteiger partial charge in [0.1, 0.15) is 0 Å². The first-order valence-electron chi connectivity index (χ1n) is 9.87. The average molecular weight is 543 g/mol. The van der Waals surface area contributed by atoms with Gasteiger partial charge in [-0.15, -0.1) is 11.8 Å². The van der Waals surface area contributed by atoms with Crippen LogP contribution >= 0.6 is 35.1 Å². The lowest BCUT2D eigenvalue weighted by atomic mass is 10.2. The number of thioether (sulfide) groups is 2. The molecular formula is C21H14ClF3N4O4S2. The topological polar surface area (TPSA) is 107 Å². The van der Waals surface area contributed by atoms with Crippen molar-refractivity contribution in [3.05, 3.63) is 79.2 Å². The summed E-state index contributed by atoms with van der Waals surface area (Å²) in [7, 11) is 0. The number of alkyl halides is 3. The number of fused-ring (bicyclic) bond motifs is 1. The van der Waals surface area contributed by atoms with Crippen LogP contribution in [0.5, 0.6) is 0 Å². The minimum Gasteiger partial charge on any atom is -0.324 e. The number of nitro benzene ring substituents is 1. The van der Waals surface area contributed by atoms with Crippen LogP contribution in [0.25, 0.3) is 5.69 Å². The molecule has 1 aliphatic rings. The molecule has 0 unspecified atom stereocenters. The van der Waals surface area contributed by atoms with Gasteiger partial charge in [0.05, 0.1) is 43.2 Å². The third-order valence-electron chi connectivity index (χ3n) is 4.89. The molecule has 8 nitrogen and oxygen atoms in total. The van der Waals surface area contributed by atoms with E-state index in [9.17, 15) is 32.9 Å². The van der Waals surface area contributed by atoms with Gasteiger partial charge in [-0.3, -0.25) is 24.3 Å². The van der Waals surface area contributed by atoms with E-state index in [1.54, 1.807) is 0 Å². The van der Waals surface area contributed by atoms with E-state index in [1.807, 2.05) is 0 Å². The standard InChI is InChI=1S/C21H14ClF3N4O4S2/c22-14-6-1-11(21(23,24)25)9-16(14)26-17(30)10-35-20-27-15-7-8-34-18(15)19(31)28(20)12-2-4-13(5-3-12)29(32)33/h1-6,9H,7-8,10H2,(H,26,30). The van der Waals surface area contributed by atoms with Crippen molar-refractivity contribution in [1.82, 2.24) is 9.55 Å². The van der Waals surface area contributed by atoms with Crippen molar-refractivity contribution in [1.29, 1.82) is 0 Å². The molecule has 0 fully saturated rings. The fraction of sp³-hybridized carbons (Fsp3) is 0.190. The Morgan fingerprint density at radius 2 is 1.97 bits per heavy atom. The molecule has 0 spiro atoms. The fourth-order valence-corrected chi connectivity index (χ4v) is 5.27. The lowest BCUT2D eigenvalue weighted by molar-refractivity contribution is -0.384. The van der Waals surface area contributed by atoms with E-state index < -0.39 is 22.6 Å². The maximum Gasteiger partial charge on any atom is 0.416 e. The number of aromatic nitrogens is 2. The summed E-state index contributed by atoms with van der Waals surface area (Å²) in [5.74, 6) is -0.270. The third-order valence-corrected chi connectivity index (χ3v) is 7.26. The molecule has 35 heavy (non-hydrogen) atoms. The Hall–Kier alpha value is -3.03. The predicted octanol–water partition coefficient (Wildman–Crippen LogP) is 5.19. The van der Waals surface area contributed by atoms with Crippen LogP contribution in [0.1, 0.15) is 11.3 Å². The first-order chi connectivity index (χ1) is 16.5. The molecule has 0 saturated carbocycles. The molecule has 14 heteroatoms. The van der Waals surface area contributed by atoms with Crippen LogP contribution in [-0.4, -0.2) is 31.9 Å². The molecule has 1 amide bonds. The Balaban J connectivity index is 1.60. The predicted molar refractivity (Wildman–Crippen MR) is 127 cm³/mol. The summed E-state index contributed by atoms with van der Waals surface area (Å²) in [6.45, 7) is 0. The number of halogens is 4. The summed E-state index contributed by atoms with van der Waals surface area (Å²) in [5, 5.41) is 13.4. The molecule has 3 aromatic rings. The summed E-state index contributed by atoms with van der Waals surface area (Å²) in [4.78, 5) is 41.0. The van der Waals surface area contributed by atoms with Gasteiger partial charge < -0.3 is 5.32 Å². The summed E-state index contributed by atoms with van der Waals surface area (Å²) in [5.41, 5.74) is -0.769. The minimum atomic E-state index is -4.61. The van der Waals surface area contributed by atoms with Gasteiger partial charge in [0.2, 0.25) is 5.91 Å². The molecule has 4 rings (SSSR count). The molecule has 1 aliphatic heterocycles. The number of aryl methyl sites for hydroxylation is 1. The van der Waals surface area contributed by atoms with Crippen molar-refractivity contribution in [3.63, 3.8) is 0 Å². The summed E-state index contributed by atoms with van der Waals surface area (Å²) < 4.78 is 40.2. The van der Waals surface area contributed by atoms with Crippen LogP contribution < -0.4 is 10.9 Å². The highest BCUT2D eigenvalue weighted by Crippen LogP contribution is 2.34. The maximum atomic E-state index is 13.1. The SMILES string of the molecule is O=C(CSc1nc2c(c(=O)n1-c1ccc([N+](=O)[O-])cc1)SCC2)Nc1cc(C(F)(F)F)ccc1Cl. The van der Waals surface area contributed by atoms with E-state index in [1.165, 1.54) is 40.6 Å². The zero-order valence-corrected chi connectivity index (χ0v) is 19.9. The summed E-state index contributed by atoms with van der Waals surface area (Å²) in [6.07, 6.45) is -4.04. The number of nitrogens with one attached hydrogen (secondary N) is 1. The summed E-state index contributed by atoms with van der Waals surface area (Å²) >= 11 is 8.19. The second-order valence-electron chi connectivity index (χ2n) is 7.21. The van der Waals surface area contributed by atoms with Crippen molar-refractivity contribution in [2.75, 3.05) is 16.8 Å². The second kappa shape index (κ2) is 9.91. The number of benzene rings is 2. The lowest BCUT2D eigenvalue weighted by Crippen LogP contribution is -2.24. The number of nitrogens with zero attached hydrogens (tertiary/aromatic N) is 3. The largest absolute Gasteiger partial charge is 0.416 e. The van der Waals surface area contributed by atoms with Gasteiger partial charge >= 0.3 is 6.18 Å². The molecule has 1 aromatic heterocycles. The molecule has 1 N–H and O–H groups in total. The number of carbonyl (C=O) groups is 1. The van der Waals surface area contributed by atoms with E-state index in [-0.39, 0.29) is 32.9 Å². The van der Waals surface area contributed by atoms with Gasteiger partial charge in [0.15, 0.2) is 5.16 Å². The van der Waals surface area contributed by atoms with Gasteiger partial charge in [-0.25, -0.2) is 4.98 Å². The number of hydrogen-bond acceptors (Lipinski definition) is 7. The number of anilines is 1. The number of hydrogen-bond donors (Lipinski definition) is 1. The first kappa shape index (κ1) is 25.1. The van der Waals surface area contributed by atoms with E-state index >= 15 is 0 Å². The normalized spacial score (nSPS) is 12.9. The number of non-ortho nitro benzene ring substituents is 1. The highest BCUT2D eigenvalue weighted by Gasteiger charge is 2.31. The van der Waals surface area contributed by atoms with Crippen LogP contribution in [0.2, 0.25) is 5.02 Å². The molecule has 0 atom stereocenters. The Labute approximate surface area is 209 Å². The lowest BCUT2D eigenvalue weighted by Gasteiger charge is -2.14. The Kier molecular flexibility index (Phi) is 7.10. The Morgan fingerprint density at radius 1 is 1.26 bits per heavy atom. The van der Waals surface area contributed by atoms with Gasteiger partial charge in [-0.05, 0) is 30.3 Å². The highest BCUT2D eigenvalue weighted by molar-refractivity contribution is 8.00. The van der Waals surface area contributed by atoms with E-state index in [2.05, 4.69) is 10.3 Å². The third kappa shape index (κ3) is 5.46. The number of carbonyl (C=O) groups excluding carboxylic acids is 1. The van der Waals surface area contributed by atoms with Crippen LogP contribution in [-0.2, 0) is 17.4 Å². The molecule has 0 aliphatic carbocycles. The second-order valence-corrected chi connectivity index (χ2v) is 9.67. The zero-order valence-electron chi connectivity index (χ0n) is 17.5. The zero-order chi connectivity index (χ0) is 25.3. The number of nitro groups is 1. The molecule has 0 radical (unpaired) electrons. The smallest absolute Gasteiger partial charge is 0.324 e. The average Bonchev–Trinajstić information content (AvgIpc) is 3.27. The Morgan fingerprint density at radius 3 is 2.63 bits per heavy atom. The van der Waals surface area contributed by atoms with Crippen molar-refractivity contribution >= 4 is 52.4 Å². The molecular weight excluding hydrogens is 529 g/mol. The van der Waals surface area contributed by atoms with Crippen LogP contribution in [0.15, 0.2) is 57.3 Å². The minimum absolute atomic E-state index is 0.0631. The first-order valence-corrected chi connectivity index (χ1v) is 12.2. The van der Waals surface area contributed by atoms with Crippen molar-refractivity contribution in [3.8, 4) is 5.69 Å². The molecule has 2 heterocycles. The van der Waals surface area contributed by atoms with Gasteiger partial charge in [0.25, 0.3) is 11.2 Å². The van der Waals surface area contributed by atoms with Crippen molar-refractivity contribution in [2.45, 2.75) is 22.6 Å². The number of amides is 1. The molecule has 0 bridgehead atoms. The maximum absolute atomic E-state index is 13.1. The van der Waals surface area contributed by atoms with Crippen LogP contribution in [0.4, 0.5) is 24.5 Å². The summed E-state index contributed by atoms with van der Waals surface area (Å²) in [6, 6.07) is 7.89. The number of rotatable bonds is 6. The molecule has 182 valence electrons. The van der Waals surface area contributed by atoms with E-state index in [0.29, 0.717) is 28.5 Å². The quantitative estimate of drug-likeness (QED) is 0.198. The van der Waals surface area contributed by atoms with E-state index in [4.69, 9.17) is 11.6 Å². The van der Waals surface area contributed by atoms with Crippen molar-refractivity contribution < 1.29 is 22.9 Å². The Bertz CT molecular complexity index is 1380. The fourth-order valence-electron chi connectivity index (χ4n) is 3.25. The van der Waals surface area contributed by atoms with Crippen molar-refractivity contribution in [2.24, 2.45) is 0 Å². The molecule has 2 aromatic carbocycles.